The molecular weight excluding hydrogens is 402 g/mol. The second kappa shape index (κ2) is 8.65. The third-order valence-corrected chi connectivity index (χ3v) is 6.43. The van der Waals surface area contributed by atoms with Crippen LogP contribution < -0.4 is 10.6 Å². The van der Waals surface area contributed by atoms with Crippen LogP contribution in [0.3, 0.4) is 0 Å². The third kappa shape index (κ3) is 4.20. The molecular formula is C26H27N3O3. The quantitative estimate of drug-likeness (QED) is 0.501. The van der Waals surface area contributed by atoms with Crippen LogP contribution in [0.5, 0.6) is 11.5 Å². The molecule has 4 atom stereocenters. The van der Waals surface area contributed by atoms with Crippen molar-refractivity contribution in [3.8, 4) is 11.5 Å². The van der Waals surface area contributed by atoms with Gasteiger partial charge in [0, 0.05) is 12.6 Å². The summed E-state index contributed by atoms with van der Waals surface area (Å²) >= 11 is 0. The molecule has 2 aliphatic rings. The summed E-state index contributed by atoms with van der Waals surface area (Å²) in [6.07, 6.45) is 1.27. The van der Waals surface area contributed by atoms with E-state index in [0.29, 0.717) is 13.0 Å². The second-order valence-corrected chi connectivity index (χ2v) is 8.63. The number of fused-ring (bicyclic) bond motifs is 1. The van der Waals surface area contributed by atoms with Gasteiger partial charge in [0.15, 0.2) is 0 Å². The minimum atomic E-state index is -0.303. The Hall–Kier alpha value is -3.35. The van der Waals surface area contributed by atoms with Crippen molar-refractivity contribution in [2.45, 2.75) is 37.1 Å². The average Bonchev–Trinajstić information content (AvgIpc) is 3.12. The molecule has 0 saturated carbocycles. The first-order chi connectivity index (χ1) is 15.6. The maximum absolute atomic E-state index is 13.4. The summed E-state index contributed by atoms with van der Waals surface area (Å²) < 4.78 is 0. The maximum Gasteiger partial charge on any atom is 0.241 e. The smallest absolute Gasteiger partial charge is 0.241 e. The number of hydrogen-bond acceptors (Lipinski definition) is 5. The topological polar surface area (TPSA) is 84.8 Å². The molecule has 3 aromatic rings. The SMILES string of the molecule is O=C1C(Cc2ccc(O)cc2)NC2C(Cc3ccccc3)NC(c3ccc(O)cc3)CN12. The number of phenols is 2. The number of benzene rings is 3. The summed E-state index contributed by atoms with van der Waals surface area (Å²) in [5, 5.41) is 26.5. The molecule has 164 valence electrons. The van der Waals surface area contributed by atoms with Crippen LogP contribution in [0.2, 0.25) is 0 Å². The molecule has 1 amide bonds. The van der Waals surface area contributed by atoms with Gasteiger partial charge in [-0.25, -0.2) is 0 Å². The van der Waals surface area contributed by atoms with Crippen LogP contribution in [0.25, 0.3) is 0 Å². The molecule has 0 spiro atoms. The molecule has 2 fully saturated rings. The van der Waals surface area contributed by atoms with Gasteiger partial charge in [0.1, 0.15) is 11.5 Å². The van der Waals surface area contributed by atoms with E-state index in [1.165, 1.54) is 5.56 Å². The van der Waals surface area contributed by atoms with Gasteiger partial charge in [-0.2, -0.15) is 0 Å². The van der Waals surface area contributed by atoms with Crippen molar-refractivity contribution in [2.24, 2.45) is 0 Å². The van der Waals surface area contributed by atoms with E-state index in [2.05, 4.69) is 22.8 Å². The van der Waals surface area contributed by atoms with Crippen molar-refractivity contribution < 1.29 is 15.0 Å². The lowest BCUT2D eigenvalue weighted by molar-refractivity contribution is -0.131. The van der Waals surface area contributed by atoms with Gasteiger partial charge in [0.05, 0.1) is 18.2 Å². The van der Waals surface area contributed by atoms with Crippen molar-refractivity contribution in [2.75, 3.05) is 6.54 Å². The van der Waals surface area contributed by atoms with Crippen LogP contribution in [0, 0.1) is 0 Å². The highest BCUT2D eigenvalue weighted by atomic mass is 16.3. The first-order valence-electron chi connectivity index (χ1n) is 11.0. The number of carbonyl (C=O) groups is 1. The van der Waals surface area contributed by atoms with Crippen LogP contribution in [0.4, 0.5) is 0 Å². The highest BCUT2D eigenvalue weighted by Gasteiger charge is 2.46. The predicted molar refractivity (Wildman–Crippen MR) is 122 cm³/mol. The monoisotopic (exact) mass is 429 g/mol. The van der Waals surface area contributed by atoms with E-state index >= 15 is 0 Å². The van der Waals surface area contributed by atoms with E-state index in [0.717, 1.165) is 17.5 Å². The molecule has 0 radical (unpaired) electrons. The van der Waals surface area contributed by atoms with Gasteiger partial charge >= 0.3 is 0 Å². The Kier molecular flexibility index (Phi) is 5.55. The van der Waals surface area contributed by atoms with Crippen molar-refractivity contribution in [1.82, 2.24) is 15.5 Å². The molecule has 0 aromatic heterocycles. The summed E-state index contributed by atoms with van der Waals surface area (Å²) in [4.78, 5) is 15.4. The van der Waals surface area contributed by atoms with Gasteiger partial charge in [-0.15, -0.1) is 0 Å². The fourth-order valence-corrected chi connectivity index (χ4v) is 4.80. The summed E-state index contributed by atoms with van der Waals surface area (Å²) in [6, 6.07) is 24.3. The first-order valence-corrected chi connectivity index (χ1v) is 11.0. The van der Waals surface area contributed by atoms with Gasteiger partial charge in [-0.3, -0.25) is 10.1 Å². The molecule has 3 aromatic carbocycles. The molecule has 6 heteroatoms. The normalized spacial score (nSPS) is 25.0. The predicted octanol–water partition coefficient (Wildman–Crippen LogP) is 2.72. The molecule has 2 saturated heterocycles. The number of hydrogen-bond donors (Lipinski definition) is 4. The lowest BCUT2D eigenvalue weighted by Crippen LogP contribution is -2.61. The summed E-state index contributed by atoms with van der Waals surface area (Å²) in [6.45, 7) is 0.568. The fourth-order valence-electron chi connectivity index (χ4n) is 4.80. The Labute approximate surface area is 187 Å². The lowest BCUT2D eigenvalue weighted by atomic mass is 9.96. The number of phenolic OH excluding ortho intramolecular Hbond substituents is 2. The molecule has 5 rings (SSSR count). The van der Waals surface area contributed by atoms with Crippen LogP contribution in [-0.2, 0) is 17.6 Å². The van der Waals surface area contributed by atoms with E-state index in [4.69, 9.17) is 0 Å². The van der Waals surface area contributed by atoms with Crippen molar-refractivity contribution in [3.05, 3.63) is 95.6 Å². The van der Waals surface area contributed by atoms with Gasteiger partial charge in [0.25, 0.3) is 0 Å². The zero-order chi connectivity index (χ0) is 22.1. The Balaban J connectivity index is 1.40. The first kappa shape index (κ1) is 20.5. The van der Waals surface area contributed by atoms with Gasteiger partial charge < -0.3 is 20.4 Å². The summed E-state index contributed by atoms with van der Waals surface area (Å²) in [7, 11) is 0. The average molecular weight is 430 g/mol. The minimum absolute atomic E-state index is 0.0151. The van der Waals surface area contributed by atoms with Crippen LogP contribution in [0.1, 0.15) is 22.7 Å². The fraction of sp³-hybridized carbons (Fsp3) is 0.269. The van der Waals surface area contributed by atoms with E-state index in [1.807, 2.05) is 47.4 Å². The Morgan fingerprint density at radius 2 is 1.41 bits per heavy atom. The molecule has 32 heavy (non-hydrogen) atoms. The zero-order valence-electron chi connectivity index (χ0n) is 17.7. The maximum atomic E-state index is 13.4. The van der Waals surface area contributed by atoms with E-state index < -0.39 is 0 Å². The standard InChI is InChI=1S/C26H27N3O3/c30-20-10-6-18(7-11-20)15-23-26(32)29-16-24(19-8-12-21(31)13-9-19)27-22(25(29)28-23)14-17-4-2-1-3-5-17/h1-13,22-25,27-28,30-31H,14-16H2. The lowest BCUT2D eigenvalue weighted by Gasteiger charge is -2.42. The van der Waals surface area contributed by atoms with Crippen LogP contribution in [0.15, 0.2) is 78.9 Å². The molecule has 0 bridgehead atoms. The molecule has 2 aliphatic heterocycles. The van der Waals surface area contributed by atoms with E-state index in [9.17, 15) is 15.0 Å². The summed E-state index contributed by atoms with van der Waals surface area (Å²) in [5.74, 6) is 0.559. The minimum Gasteiger partial charge on any atom is -0.508 e. The Morgan fingerprint density at radius 1 is 0.781 bits per heavy atom. The molecule has 0 aliphatic carbocycles. The number of amides is 1. The van der Waals surface area contributed by atoms with Crippen LogP contribution >= 0.6 is 0 Å². The number of piperazine rings is 1. The van der Waals surface area contributed by atoms with Crippen LogP contribution in [-0.4, -0.2) is 45.8 Å². The van der Waals surface area contributed by atoms with Gasteiger partial charge in [-0.05, 0) is 53.8 Å². The Morgan fingerprint density at radius 3 is 2.09 bits per heavy atom. The van der Waals surface area contributed by atoms with Crippen molar-refractivity contribution in [1.29, 1.82) is 0 Å². The molecule has 2 heterocycles. The number of carbonyl (C=O) groups excluding carboxylic acids is 1. The second-order valence-electron chi connectivity index (χ2n) is 8.63. The Bertz CT molecular complexity index is 1070. The highest BCUT2D eigenvalue weighted by molar-refractivity contribution is 5.85. The number of rotatable bonds is 5. The molecule has 6 nitrogen and oxygen atoms in total. The van der Waals surface area contributed by atoms with E-state index in [-0.39, 0.29) is 41.7 Å². The highest BCUT2D eigenvalue weighted by Crippen LogP contribution is 2.29. The van der Waals surface area contributed by atoms with E-state index in [1.54, 1.807) is 24.3 Å². The largest absolute Gasteiger partial charge is 0.508 e. The number of nitrogens with zero attached hydrogens (tertiary/aromatic N) is 1. The molecule has 4 unspecified atom stereocenters. The zero-order valence-corrected chi connectivity index (χ0v) is 17.7. The number of aromatic hydroxyl groups is 2. The number of nitrogens with one attached hydrogen (secondary N) is 2. The van der Waals surface area contributed by atoms with Gasteiger partial charge in [-0.1, -0.05) is 54.6 Å². The van der Waals surface area contributed by atoms with Crippen molar-refractivity contribution in [3.63, 3.8) is 0 Å². The summed E-state index contributed by atoms with van der Waals surface area (Å²) in [5.41, 5.74) is 3.28. The van der Waals surface area contributed by atoms with Gasteiger partial charge in [0.2, 0.25) is 5.91 Å². The third-order valence-electron chi connectivity index (χ3n) is 6.43. The molecule has 4 N–H and O–H groups in total. The van der Waals surface area contributed by atoms with Crippen molar-refractivity contribution >= 4 is 5.91 Å².